The number of hydrogen-bond acceptors (Lipinski definition) is 6. The average molecular weight is 420 g/mol. The van der Waals surface area contributed by atoms with Gasteiger partial charge in [-0.3, -0.25) is 19.7 Å². The van der Waals surface area contributed by atoms with E-state index in [9.17, 15) is 19.7 Å². The lowest BCUT2D eigenvalue weighted by Gasteiger charge is -2.18. The number of carbonyl (C=O) groups is 2. The van der Waals surface area contributed by atoms with Gasteiger partial charge < -0.3 is 10.2 Å². The van der Waals surface area contributed by atoms with E-state index in [1.165, 1.54) is 35.5 Å². The Bertz CT molecular complexity index is 1150. The number of hydrogen-bond donors (Lipinski definition) is 1. The van der Waals surface area contributed by atoms with Gasteiger partial charge in [0.05, 0.1) is 4.92 Å². The minimum Gasteiger partial charge on any atom is -0.339 e. The normalized spacial score (nSPS) is 13.3. The fourth-order valence-electron chi connectivity index (χ4n) is 3.63. The molecule has 0 aliphatic carbocycles. The van der Waals surface area contributed by atoms with Gasteiger partial charge in [-0.1, -0.05) is 6.07 Å². The SMILES string of the molecule is Cc1c(NC(=O)c2ccc(-n3cncn3)c([N+](=O)[O-])c2)cccc1C(=O)N1CCCC1. The molecule has 1 aliphatic rings. The lowest BCUT2D eigenvalue weighted by atomic mass is 10.0. The summed E-state index contributed by atoms with van der Waals surface area (Å²) in [7, 11) is 0. The summed E-state index contributed by atoms with van der Waals surface area (Å²) in [6.07, 6.45) is 4.59. The van der Waals surface area contributed by atoms with Gasteiger partial charge in [0.2, 0.25) is 0 Å². The van der Waals surface area contributed by atoms with Crippen molar-refractivity contribution < 1.29 is 14.5 Å². The van der Waals surface area contributed by atoms with E-state index >= 15 is 0 Å². The minimum absolute atomic E-state index is 0.0566. The largest absolute Gasteiger partial charge is 0.339 e. The molecule has 1 aromatic heterocycles. The molecule has 10 heteroatoms. The standard InChI is InChI=1S/C21H20N6O4/c1-14-16(21(29)25-9-2-3-10-25)5-4-6-17(14)24-20(28)15-7-8-18(19(11-15)27(30)31)26-13-22-12-23-26/h4-8,11-13H,2-3,9-10H2,1H3,(H,24,28). The van der Waals surface area contributed by atoms with Crippen LogP contribution in [0.5, 0.6) is 0 Å². The Labute approximate surface area is 177 Å². The maximum absolute atomic E-state index is 12.8. The molecule has 0 saturated carbocycles. The van der Waals surface area contributed by atoms with Crippen LogP contribution in [-0.4, -0.2) is 49.5 Å². The Morgan fingerprint density at radius 3 is 2.61 bits per heavy atom. The Morgan fingerprint density at radius 1 is 1.16 bits per heavy atom. The Balaban J connectivity index is 1.60. The molecule has 2 aromatic carbocycles. The van der Waals surface area contributed by atoms with Crippen molar-refractivity contribution in [3.63, 3.8) is 0 Å². The van der Waals surface area contributed by atoms with E-state index in [4.69, 9.17) is 0 Å². The Hall–Kier alpha value is -4.08. The van der Waals surface area contributed by atoms with Crippen molar-refractivity contribution in [2.75, 3.05) is 18.4 Å². The minimum atomic E-state index is -0.575. The molecule has 1 N–H and O–H groups in total. The number of amides is 2. The van der Waals surface area contributed by atoms with Crippen molar-refractivity contribution in [1.82, 2.24) is 19.7 Å². The fraction of sp³-hybridized carbons (Fsp3) is 0.238. The van der Waals surface area contributed by atoms with E-state index in [-0.39, 0.29) is 22.8 Å². The number of anilines is 1. The van der Waals surface area contributed by atoms with E-state index < -0.39 is 10.8 Å². The summed E-state index contributed by atoms with van der Waals surface area (Å²) < 4.78 is 1.26. The first-order valence-electron chi connectivity index (χ1n) is 9.79. The number of nitrogens with one attached hydrogen (secondary N) is 1. The molecule has 10 nitrogen and oxygen atoms in total. The first kappa shape index (κ1) is 20.2. The third kappa shape index (κ3) is 4.00. The quantitative estimate of drug-likeness (QED) is 0.500. The molecular formula is C21H20N6O4. The molecular weight excluding hydrogens is 400 g/mol. The van der Waals surface area contributed by atoms with Crippen LogP contribution in [0.3, 0.4) is 0 Å². The lowest BCUT2D eigenvalue weighted by molar-refractivity contribution is -0.384. The molecule has 0 radical (unpaired) electrons. The maximum Gasteiger partial charge on any atom is 0.295 e. The highest BCUT2D eigenvalue weighted by molar-refractivity contribution is 6.06. The summed E-state index contributed by atoms with van der Waals surface area (Å²) >= 11 is 0. The van der Waals surface area contributed by atoms with Crippen molar-refractivity contribution in [2.24, 2.45) is 0 Å². The van der Waals surface area contributed by atoms with E-state index in [1.54, 1.807) is 30.0 Å². The van der Waals surface area contributed by atoms with Crippen LogP contribution in [-0.2, 0) is 0 Å². The summed E-state index contributed by atoms with van der Waals surface area (Å²) in [5.41, 5.74) is 1.72. The number of nitrogens with zero attached hydrogens (tertiary/aromatic N) is 5. The third-order valence-corrected chi connectivity index (χ3v) is 5.31. The maximum atomic E-state index is 12.8. The molecule has 0 spiro atoms. The number of benzene rings is 2. The smallest absolute Gasteiger partial charge is 0.295 e. The summed E-state index contributed by atoms with van der Waals surface area (Å²) in [6, 6.07) is 9.27. The highest BCUT2D eigenvalue weighted by Crippen LogP contribution is 2.26. The van der Waals surface area contributed by atoms with Crippen LogP contribution in [0.25, 0.3) is 5.69 Å². The number of nitro benzene ring substituents is 1. The van der Waals surface area contributed by atoms with E-state index in [2.05, 4.69) is 15.4 Å². The Morgan fingerprint density at radius 2 is 1.94 bits per heavy atom. The third-order valence-electron chi connectivity index (χ3n) is 5.31. The van der Waals surface area contributed by atoms with Crippen molar-refractivity contribution in [2.45, 2.75) is 19.8 Å². The van der Waals surface area contributed by atoms with Gasteiger partial charge in [-0.25, -0.2) is 9.67 Å². The van der Waals surface area contributed by atoms with Crippen LogP contribution in [0.2, 0.25) is 0 Å². The van der Waals surface area contributed by atoms with Gasteiger partial charge >= 0.3 is 0 Å². The molecule has 2 amide bonds. The first-order valence-corrected chi connectivity index (χ1v) is 9.79. The van der Waals surface area contributed by atoms with Crippen molar-refractivity contribution >= 4 is 23.2 Å². The second kappa shape index (κ2) is 8.34. The monoisotopic (exact) mass is 420 g/mol. The molecule has 3 aromatic rings. The first-order chi connectivity index (χ1) is 15.0. The molecule has 0 bridgehead atoms. The molecule has 0 atom stereocenters. The summed E-state index contributed by atoms with van der Waals surface area (Å²) in [5.74, 6) is -0.568. The topological polar surface area (TPSA) is 123 Å². The highest BCUT2D eigenvalue weighted by Gasteiger charge is 2.23. The molecule has 4 rings (SSSR count). The van der Waals surface area contributed by atoms with Gasteiger partial charge in [0.1, 0.15) is 18.3 Å². The zero-order chi connectivity index (χ0) is 22.0. The molecule has 1 fully saturated rings. The van der Waals surface area contributed by atoms with Gasteiger partial charge in [-0.2, -0.15) is 5.10 Å². The molecule has 0 unspecified atom stereocenters. The van der Waals surface area contributed by atoms with Crippen LogP contribution < -0.4 is 5.32 Å². The van der Waals surface area contributed by atoms with Crippen LogP contribution >= 0.6 is 0 Å². The van der Waals surface area contributed by atoms with Gasteiger partial charge in [0, 0.05) is 36.0 Å². The summed E-state index contributed by atoms with van der Waals surface area (Å²) in [6.45, 7) is 3.24. The van der Waals surface area contributed by atoms with Gasteiger partial charge in [0.25, 0.3) is 17.5 Å². The van der Waals surface area contributed by atoms with Gasteiger partial charge in [-0.15, -0.1) is 0 Å². The zero-order valence-corrected chi connectivity index (χ0v) is 16.8. The fourth-order valence-corrected chi connectivity index (χ4v) is 3.63. The molecule has 1 saturated heterocycles. The second-order valence-electron chi connectivity index (χ2n) is 7.23. The predicted octanol–water partition coefficient (Wildman–Crippen LogP) is 2.97. The molecule has 31 heavy (non-hydrogen) atoms. The van der Waals surface area contributed by atoms with Gasteiger partial charge in [-0.05, 0) is 49.6 Å². The number of carbonyl (C=O) groups excluding carboxylic acids is 2. The zero-order valence-electron chi connectivity index (χ0n) is 16.8. The van der Waals surface area contributed by atoms with Crippen molar-refractivity contribution in [3.05, 3.63) is 75.9 Å². The predicted molar refractivity (Wildman–Crippen MR) is 112 cm³/mol. The number of likely N-dealkylation sites (tertiary alicyclic amines) is 1. The van der Waals surface area contributed by atoms with Crippen LogP contribution in [0, 0.1) is 17.0 Å². The van der Waals surface area contributed by atoms with Crippen LogP contribution in [0.4, 0.5) is 11.4 Å². The van der Waals surface area contributed by atoms with E-state index in [1.807, 2.05) is 0 Å². The van der Waals surface area contributed by atoms with Crippen LogP contribution in [0.1, 0.15) is 39.1 Å². The van der Waals surface area contributed by atoms with Crippen molar-refractivity contribution in [1.29, 1.82) is 0 Å². The summed E-state index contributed by atoms with van der Waals surface area (Å²) in [5, 5.41) is 18.2. The second-order valence-corrected chi connectivity index (χ2v) is 7.23. The van der Waals surface area contributed by atoms with Crippen LogP contribution in [0.15, 0.2) is 49.1 Å². The number of aromatic nitrogens is 3. The number of nitro groups is 1. The lowest BCUT2D eigenvalue weighted by Crippen LogP contribution is -2.28. The van der Waals surface area contributed by atoms with E-state index in [0.29, 0.717) is 16.8 Å². The molecule has 2 heterocycles. The highest BCUT2D eigenvalue weighted by atomic mass is 16.6. The number of rotatable bonds is 5. The molecule has 1 aliphatic heterocycles. The molecule has 158 valence electrons. The van der Waals surface area contributed by atoms with Gasteiger partial charge in [0.15, 0.2) is 0 Å². The average Bonchev–Trinajstić information content (AvgIpc) is 3.48. The Kier molecular flexibility index (Phi) is 5.44. The summed E-state index contributed by atoms with van der Waals surface area (Å²) in [4.78, 5) is 42.1. The van der Waals surface area contributed by atoms with Crippen molar-refractivity contribution in [3.8, 4) is 5.69 Å². The van der Waals surface area contributed by atoms with E-state index in [0.717, 1.165) is 25.9 Å².